The van der Waals surface area contributed by atoms with Gasteiger partial charge in [0.05, 0.1) is 12.6 Å². The first-order valence-electron chi connectivity index (χ1n) is 9.65. The lowest BCUT2D eigenvalue weighted by atomic mass is 9.99. The summed E-state index contributed by atoms with van der Waals surface area (Å²) in [4.78, 5) is 14.8. The maximum atomic E-state index is 12.8. The number of amides is 1. The Morgan fingerprint density at radius 2 is 1.55 bits per heavy atom. The van der Waals surface area contributed by atoms with Crippen LogP contribution in [0.15, 0.2) is 78.9 Å². The van der Waals surface area contributed by atoms with Crippen LogP contribution in [0.4, 0.5) is 0 Å². The molecule has 3 aromatic rings. The highest BCUT2D eigenvalue weighted by Crippen LogP contribution is 2.32. The Morgan fingerprint density at radius 3 is 2.21 bits per heavy atom. The molecule has 1 N–H and O–H groups in total. The van der Waals surface area contributed by atoms with Gasteiger partial charge in [0, 0.05) is 6.54 Å². The molecule has 1 aliphatic rings. The van der Waals surface area contributed by atoms with Crippen molar-refractivity contribution < 1.29 is 14.3 Å². The van der Waals surface area contributed by atoms with Crippen LogP contribution in [0, 0.1) is 0 Å². The van der Waals surface area contributed by atoms with Crippen molar-refractivity contribution >= 4 is 5.91 Å². The fraction of sp³-hybridized carbons (Fsp3) is 0.208. The second kappa shape index (κ2) is 8.80. The van der Waals surface area contributed by atoms with Crippen LogP contribution in [-0.2, 0) is 11.3 Å². The molecule has 4 rings (SSSR count). The number of benzene rings is 3. The Morgan fingerprint density at radius 1 is 0.931 bits per heavy atom. The number of rotatable bonds is 7. The first-order chi connectivity index (χ1) is 14.2. The minimum absolute atomic E-state index is 0.0223. The van der Waals surface area contributed by atoms with Crippen LogP contribution >= 0.6 is 0 Å². The van der Waals surface area contributed by atoms with Gasteiger partial charge in [-0.2, -0.15) is 0 Å². The zero-order valence-electron chi connectivity index (χ0n) is 16.4. The van der Waals surface area contributed by atoms with E-state index in [0.717, 1.165) is 28.2 Å². The third-order valence-electron chi connectivity index (χ3n) is 4.87. The van der Waals surface area contributed by atoms with Crippen molar-refractivity contribution in [2.24, 2.45) is 0 Å². The number of nitrogens with one attached hydrogen (secondary N) is 1. The van der Waals surface area contributed by atoms with Crippen molar-refractivity contribution in [2.45, 2.75) is 12.6 Å². The van der Waals surface area contributed by atoms with Gasteiger partial charge in [0.1, 0.15) is 0 Å². The van der Waals surface area contributed by atoms with Crippen LogP contribution in [0.3, 0.4) is 0 Å². The van der Waals surface area contributed by atoms with Gasteiger partial charge in [-0.3, -0.25) is 9.69 Å². The van der Waals surface area contributed by atoms with Crippen LogP contribution < -0.4 is 14.8 Å². The highest BCUT2D eigenvalue weighted by atomic mass is 16.7. The summed E-state index contributed by atoms with van der Waals surface area (Å²) in [5.74, 6) is 1.50. The maximum Gasteiger partial charge on any atom is 0.234 e. The zero-order chi connectivity index (χ0) is 20.1. The monoisotopic (exact) mass is 388 g/mol. The van der Waals surface area contributed by atoms with Gasteiger partial charge in [-0.15, -0.1) is 0 Å². The quantitative estimate of drug-likeness (QED) is 0.670. The molecule has 0 radical (unpaired) electrons. The summed E-state index contributed by atoms with van der Waals surface area (Å²) in [5, 5.41) is 3.18. The lowest BCUT2D eigenvalue weighted by Gasteiger charge is -2.22. The fourth-order valence-electron chi connectivity index (χ4n) is 3.51. The molecule has 0 aromatic heterocycles. The number of carbonyl (C=O) groups is 1. The van der Waals surface area contributed by atoms with Gasteiger partial charge in [-0.05, 0) is 35.9 Å². The molecule has 0 unspecified atom stereocenters. The molecule has 0 spiro atoms. The van der Waals surface area contributed by atoms with Crippen LogP contribution in [-0.4, -0.2) is 31.2 Å². The van der Waals surface area contributed by atoms with Gasteiger partial charge in [0.2, 0.25) is 12.7 Å². The smallest absolute Gasteiger partial charge is 0.234 e. The molecule has 1 heterocycles. The Kier molecular flexibility index (Phi) is 5.77. The summed E-state index contributed by atoms with van der Waals surface area (Å²) in [7, 11) is 1.93. The van der Waals surface area contributed by atoms with Crippen molar-refractivity contribution in [3.8, 4) is 11.5 Å². The second-order valence-corrected chi connectivity index (χ2v) is 7.18. The molecule has 0 saturated heterocycles. The van der Waals surface area contributed by atoms with Crippen LogP contribution in [0.2, 0.25) is 0 Å². The van der Waals surface area contributed by atoms with Crippen molar-refractivity contribution in [2.75, 3.05) is 20.4 Å². The van der Waals surface area contributed by atoms with Gasteiger partial charge in [0.15, 0.2) is 11.5 Å². The Hall–Kier alpha value is -3.31. The van der Waals surface area contributed by atoms with Gasteiger partial charge >= 0.3 is 0 Å². The SMILES string of the molecule is CN(CC(=O)NC(c1ccccc1)c1ccccc1)Cc1ccc2c(c1)OCO2. The summed E-state index contributed by atoms with van der Waals surface area (Å²) in [6.45, 7) is 1.20. The van der Waals surface area contributed by atoms with E-state index >= 15 is 0 Å². The lowest BCUT2D eigenvalue weighted by molar-refractivity contribution is -0.122. The number of fused-ring (bicyclic) bond motifs is 1. The molecule has 0 fully saturated rings. The average Bonchev–Trinajstić information content (AvgIpc) is 3.21. The maximum absolute atomic E-state index is 12.8. The third kappa shape index (κ3) is 4.76. The van der Waals surface area contributed by atoms with E-state index in [9.17, 15) is 4.79 Å². The number of likely N-dealkylation sites (N-methyl/N-ethyl adjacent to an activating group) is 1. The molecule has 1 amide bonds. The first kappa shape index (κ1) is 19.0. The highest BCUT2D eigenvalue weighted by molar-refractivity contribution is 5.79. The fourth-order valence-corrected chi connectivity index (χ4v) is 3.51. The largest absolute Gasteiger partial charge is 0.454 e. The van der Waals surface area contributed by atoms with E-state index in [-0.39, 0.29) is 18.7 Å². The average molecular weight is 388 g/mol. The number of carbonyl (C=O) groups excluding carboxylic acids is 1. The molecular weight excluding hydrogens is 364 g/mol. The zero-order valence-corrected chi connectivity index (χ0v) is 16.4. The molecule has 0 atom stereocenters. The molecular formula is C24H24N2O3. The van der Waals surface area contributed by atoms with E-state index in [1.54, 1.807) is 0 Å². The lowest BCUT2D eigenvalue weighted by Crippen LogP contribution is -2.37. The second-order valence-electron chi connectivity index (χ2n) is 7.18. The summed E-state index contributed by atoms with van der Waals surface area (Å²) >= 11 is 0. The van der Waals surface area contributed by atoms with Crippen LogP contribution in [0.5, 0.6) is 11.5 Å². The van der Waals surface area contributed by atoms with E-state index in [2.05, 4.69) is 5.32 Å². The predicted molar refractivity (Wildman–Crippen MR) is 112 cm³/mol. The number of hydrogen-bond donors (Lipinski definition) is 1. The van der Waals surface area contributed by atoms with Gasteiger partial charge < -0.3 is 14.8 Å². The number of ether oxygens (including phenoxy) is 2. The summed E-state index contributed by atoms with van der Waals surface area (Å²) in [5.41, 5.74) is 3.20. The summed E-state index contributed by atoms with van der Waals surface area (Å²) in [6.07, 6.45) is 0. The standard InChI is InChI=1S/C24H24N2O3/c1-26(15-18-12-13-21-22(14-18)29-17-28-21)16-23(27)25-24(19-8-4-2-5-9-19)20-10-6-3-7-11-20/h2-14,24H,15-17H2,1H3,(H,25,27). The van der Waals surface area contributed by atoms with E-state index < -0.39 is 0 Å². The Bertz CT molecular complexity index is 921. The highest BCUT2D eigenvalue weighted by Gasteiger charge is 2.18. The Labute approximate surface area is 170 Å². The Balaban J connectivity index is 1.41. The number of nitrogens with zero attached hydrogens (tertiary/aromatic N) is 1. The number of hydrogen-bond acceptors (Lipinski definition) is 4. The van der Waals surface area contributed by atoms with Gasteiger partial charge in [-0.1, -0.05) is 66.7 Å². The van der Waals surface area contributed by atoms with E-state index in [1.165, 1.54) is 0 Å². The van der Waals surface area contributed by atoms with Crippen molar-refractivity contribution in [1.29, 1.82) is 0 Å². The van der Waals surface area contributed by atoms with Crippen LogP contribution in [0.1, 0.15) is 22.7 Å². The van der Waals surface area contributed by atoms with E-state index in [4.69, 9.17) is 9.47 Å². The van der Waals surface area contributed by atoms with E-state index in [0.29, 0.717) is 13.1 Å². The molecule has 148 valence electrons. The molecule has 5 heteroatoms. The van der Waals surface area contributed by atoms with Crippen molar-refractivity contribution in [3.63, 3.8) is 0 Å². The third-order valence-corrected chi connectivity index (χ3v) is 4.87. The van der Waals surface area contributed by atoms with Crippen molar-refractivity contribution in [3.05, 3.63) is 95.6 Å². The van der Waals surface area contributed by atoms with Crippen molar-refractivity contribution in [1.82, 2.24) is 10.2 Å². The molecule has 1 aliphatic heterocycles. The first-order valence-corrected chi connectivity index (χ1v) is 9.65. The normalized spacial score (nSPS) is 12.4. The topological polar surface area (TPSA) is 50.8 Å². The molecule has 0 aliphatic carbocycles. The minimum atomic E-state index is -0.177. The molecule has 0 saturated carbocycles. The van der Waals surface area contributed by atoms with Crippen LogP contribution in [0.25, 0.3) is 0 Å². The van der Waals surface area contributed by atoms with Gasteiger partial charge in [-0.25, -0.2) is 0 Å². The molecule has 3 aromatic carbocycles. The minimum Gasteiger partial charge on any atom is -0.454 e. The van der Waals surface area contributed by atoms with E-state index in [1.807, 2.05) is 90.8 Å². The van der Waals surface area contributed by atoms with Gasteiger partial charge in [0.25, 0.3) is 0 Å². The molecule has 0 bridgehead atoms. The predicted octanol–water partition coefficient (Wildman–Crippen LogP) is 3.75. The summed E-state index contributed by atoms with van der Waals surface area (Å²) < 4.78 is 10.8. The molecule has 29 heavy (non-hydrogen) atoms. The summed E-state index contributed by atoms with van der Waals surface area (Å²) in [6, 6.07) is 25.8. The molecule has 5 nitrogen and oxygen atoms in total.